The summed E-state index contributed by atoms with van der Waals surface area (Å²) in [4.78, 5) is 0. The van der Waals surface area contributed by atoms with Gasteiger partial charge in [-0.3, -0.25) is 4.68 Å². The molecule has 0 atom stereocenters. The fourth-order valence-corrected chi connectivity index (χ4v) is 4.63. The number of alkyl halides is 2. The van der Waals surface area contributed by atoms with Gasteiger partial charge in [0.25, 0.3) is 0 Å². The van der Waals surface area contributed by atoms with Gasteiger partial charge in [0, 0.05) is 28.7 Å². The molecule has 0 N–H and O–H groups in total. The minimum absolute atomic E-state index is 0.229. The molecule has 0 aliphatic carbocycles. The Morgan fingerprint density at radius 2 is 2.00 bits per heavy atom. The molecule has 21 heavy (non-hydrogen) atoms. The van der Waals surface area contributed by atoms with Crippen LogP contribution in [0.25, 0.3) is 0 Å². The van der Waals surface area contributed by atoms with E-state index in [1.807, 2.05) is 20.0 Å². The van der Waals surface area contributed by atoms with E-state index in [9.17, 15) is 4.39 Å². The maximum atomic E-state index is 13.6. The molecular weight excluding hydrogens is 422 g/mol. The quantitative estimate of drug-likeness (QED) is 0.614. The average Bonchev–Trinajstić information content (AvgIpc) is 2.70. The van der Waals surface area contributed by atoms with E-state index in [1.54, 1.807) is 16.8 Å². The van der Waals surface area contributed by atoms with Gasteiger partial charge >= 0.3 is 0 Å². The van der Waals surface area contributed by atoms with Crippen molar-refractivity contribution in [2.45, 2.75) is 18.8 Å². The van der Waals surface area contributed by atoms with Gasteiger partial charge < -0.3 is 0 Å². The molecule has 6 heteroatoms. The first kappa shape index (κ1) is 17.0. The van der Waals surface area contributed by atoms with Gasteiger partial charge in [-0.2, -0.15) is 5.10 Å². The van der Waals surface area contributed by atoms with Crippen LogP contribution in [0.1, 0.15) is 16.8 Å². The zero-order valence-corrected chi connectivity index (χ0v) is 15.8. The molecule has 0 spiro atoms. The van der Waals surface area contributed by atoms with Crippen LogP contribution in [0.2, 0.25) is 5.15 Å². The number of benzene rings is 1. The molecule has 0 aliphatic heterocycles. The predicted molar refractivity (Wildman–Crippen MR) is 92.3 cm³/mol. The van der Waals surface area contributed by atoms with E-state index in [0.29, 0.717) is 22.2 Å². The lowest BCUT2D eigenvalue weighted by Gasteiger charge is -2.31. The number of nitrogens with zero attached hydrogens (tertiary/aromatic N) is 2. The highest BCUT2D eigenvalue weighted by atomic mass is 79.9. The standard InChI is InChI=1S/C15H16Br2ClFN2/c1-10-13(14(18)21(2)20-10)7-15(8-16,9-17)11-4-3-5-12(19)6-11/h3-6H,7-9H2,1-2H3. The Morgan fingerprint density at radius 3 is 2.48 bits per heavy atom. The van der Waals surface area contributed by atoms with Crippen molar-refractivity contribution in [2.75, 3.05) is 10.7 Å². The van der Waals surface area contributed by atoms with Crippen molar-refractivity contribution < 1.29 is 4.39 Å². The second-order valence-corrected chi connectivity index (χ2v) is 6.69. The van der Waals surface area contributed by atoms with E-state index in [0.717, 1.165) is 16.8 Å². The highest BCUT2D eigenvalue weighted by molar-refractivity contribution is 9.09. The lowest BCUT2D eigenvalue weighted by Crippen LogP contribution is -2.33. The van der Waals surface area contributed by atoms with Gasteiger partial charge in [-0.15, -0.1) is 0 Å². The van der Waals surface area contributed by atoms with Crippen molar-refractivity contribution in [1.29, 1.82) is 0 Å². The van der Waals surface area contributed by atoms with Crippen LogP contribution >= 0.6 is 43.5 Å². The van der Waals surface area contributed by atoms with Gasteiger partial charge in [0.15, 0.2) is 0 Å². The Kier molecular flexibility index (Phi) is 5.49. The summed E-state index contributed by atoms with van der Waals surface area (Å²) >= 11 is 13.5. The first-order valence-corrected chi connectivity index (χ1v) is 9.11. The van der Waals surface area contributed by atoms with Crippen LogP contribution in [0.5, 0.6) is 0 Å². The monoisotopic (exact) mass is 436 g/mol. The van der Waals surface area contributed by atoms with Gasteiger partial charge in [-0.05, 0) is 31.0 Å². The predicted octanol–water partition coefficient (Wildman–Crippen LogP) is 4.79. The van der Waals surface area contributed by atoms with Crippen molar-refractivity contribution >= 4 is 43.5 Å². The summed E-state index contributed by atoms with van der Waals surface area (Å²) in [6.07, 6.45) is 0.686. The van der Waals surface area contributed by atoms with E-state index < -0.39 is 0 Å². The molecular formula is C15H16Br2ClFN2. The maximum absolute atomic E-state index is 13.6. The first-order valence-electron chi connectivity index (χ1n) is 6.49. The molecule has 1 aromatic heterocycles. The molecule has 0 saturated carbocycles. The lowest BCUT2D eigenvalue weighted by molar-refractivity contribution is 0.540. The number of aromatic nitrogens is 2. The number of halogens is 4. The van der Waals surface area contributed by atoms with Gasteiger partial charge in [-0.1, -0.05) is 55.6 Å². The molecule has 0 saturated heterocycles. The Balaban J connectivity index is 2.48. The molecule has 2 nitrogen and oxygen atoms in total. The first-order chi connectivity index (χ1) is 9.93. The van der Waals surface area contributed by atoms with Gasteiger partial charge in [0.2, 0.25) is 0 Å². The van der Waals surface area contributed by atoms with Crippen LogP contribution in [-0.2, 0) is 18.9 Å². The van der Waals surface area contributed by atoms with Gasteiger partial charge in [0.05, 0.1) is 5.69 Å². The second kappa shape index (κ2) is 6.80. The Morgan fingerprint density at radius 1 is 1.33 bits per heavy atom. The Hall–Kier alpha value is -0.390. The van der Waals surface area contributed by atoms with Crippen LogP contribution in [-0.4, -0.2) is 20.4 Å². The van der Waals surface area contributed by atoms with E-state index >= 15 is 0 Å². The third kappa shape index (κ3) is 3.35. The van der Waals surface area contributed by atoms with Crippen molar-refractivity contribution in [3.63, 3.8) is 0 Å². The van der Waals surface area contributed by atoms with E-state index in [1.165, 1.54) is 6.07 Å². The maximum Gasteiger partial charge on any atom is 0.130 e. The zero-order chi connectivity index (χ0) is 15.6. The number of rotatable bonds is 5. The summed E-state index contributed by atoms with van der Waals surface area (Å²) in [5, 5.41) is 6.38. The molecule has 2 rings (SSSR count). The van der Waals surface area contributed by atoms with Crippen LogP contribution < -0.4 is 0 Å². The second-order valence-electron chi connectivity index (χ2n) is 5.21. The topological polar surface area (TPSA) is 17.8 Å². The number of aryl methyl sites for hydroxylation is 2. The summed E-state index contributed by atoms with van der Waals surface area (Å²) in [6.45, 7) is 1.94. The summed E-state index contributed by atoms with van der Waals surface area (Å²) in [7, 11) is 1.82. The molecule has 1 aromatic carbocycles. The smallest absolute Gasteiger partial charge is 0.130 e. The van der Waals surface area contributed by atoms with Gasteiger partial charge in [0.1, 0.15) is 11.0 Å². The molecule has 1 heterocycles. The molecule has 2 aromatic rings. The van der Waals surface area contributed by atoms with Crippen LogP contribution in [0, 0.1) is 12.7 Å². The van der Waals surface area contributed by atoms with Crippen LogP contribution in [0.15, 0.2) is 24.3 Å². The average molecular weight is 439 g/mol. The molecule has 0 amide bonds. The van der Waals surface area contributed by atoms with Crippen molar-refractivity contribution in [3.05, 3.63) is 52.1 Å². The number of hydrogen-bond donors (Lipinski definition) is 0. The fourth-order valence-electron chi connectivity index (χ4n) is 2.42. The van der Waals surface area contributed by atoms with Crippen LogP contribution in [0.4, 0.5) is 4.39 Å². The normalized spacial score (nSPS) is 11.9. The van der Waals surface area contributed by atoms with Crippen molar-refractivity contribution in [3.8, 4) is 0 Å². The molecule has 0 aliphatic rings. The highest BCUT2D eigenvalue weighted by Crippen LogP contribution is 2.36. The van der Waals surface area contributed by atoms with Gasteiger partial charge in [-0.25, -0.2) is 4.39 Å². The molecule has 0 fully saturated rings. The van der Waals surface area contributed by atoms with Crippen molar-refractivity contribution in [1.82, 2.24) is 9.78 Å². The minimum atomic E-state index is -0.278. The molecule has 114 valence electrons. The summed E-state index contributed by atoms with van der Waals surface area (Å²) in [5.41, 5.74) is 2.57. The lowest BCUT2D eigenvalue weighted by atomic mass is 9.79. The third-order valence-corrected chi connectivity index (χ3v) is 6.35. The zero-order valence-electron chi connectivity index (χ0n) is 11.8. The van der Waals surface area contributed by atoms with E-state index in [-0.39, 0.29) is 11.2 Å². The van der Waals surface area contributed by atoms with E-state index in [2.05, 4.69) is 37.0 Å². The summed E-state index contributed by atoms with van der Waals surface area (Å²) in [6, 6.07) is 6.73. The highest BCUT2D eigenvalue weighted by Gasteiger charge is 2.33. The molecule has 0 unspecified atom stereocenters. The van der Waals surface area contributed by atoms with Crippen LogP contribution in [0.3, 0.4) is 0 Å². The Bertz CT molecular complexity index is 639. The largest absolute Gasteiger partial charge is 0.257 e. The minimum Gasteiger partial charge on any atom is -0.257 e. The third-order valence-electron chi connectivity index (χ3n) is 3.73. The van der Waals surface area contributed by atoms with E-state index in [4.69, 9.17) is 11.6 Å². The molecule has 0 radical (unpaired) electrons. The summed E-state index contributed by atoms with van der Waals surface area (Å²) in [5.74, 6) is -0.229. The fraction of sp³-hybridized carbons (Fsp3) is 0.400. The number of hydrogen-bond acceptors (Lipinski definition) is 1. The molecule has 0 bridgehead atoms. The summed E-state index contributed by atoms with van der Waals surface area (Å²) < 4.78 is 15.3. The Labute approximate surface area is 145 Å². The SMILES string of the molecule is Cc1nn(C)c(Cl)c1CC(CBr)(CBr)c1cccc(F)c1. The van der Waals surface area contributed by atoms with Crippen molar-refractivity contribution in [2.24, 2.45) is 7.05 Å².